The number of methoxy groups -OCH3 is 1. The van der Waals surface area contributed by atoms with E-state index in [9.17, 15) is 13.6 Å². The molecular weight excluding hydrogens is 382 g/mol. The van der Waals surface area contributed by atoms with Gasteiger partial charge in [0.1, 0.15) is 23.7 Å². The summed E-state index contributed by atoms with van der Waals surface area (Å²) in [5.41, 5.74) is 0.536. The number of benzene rings is 1. The Morgan fingerprint density at radius 3 is 2.45 bits per heavy atom. The second kappa shape index (κ2) is 7.23. The Balaban J connectivity index is 1.78. The Morgan fingerprint density at radius 2 is 1.76 bits per heavy atom. The third kappa shape index (κ3) is 3.47. The number of ether oxygens (including phenoxy) is 1. The van der Waals surface area contributed by atoms with E-state index in [-0.39, 0.29) is 5.56 Å². The van der Waals surface area contributed by atoms with Gasteiger partial charge >= 0.3 is 5.97 Å². The van der Waals surface area contributed by atoms with Crippen molar-refractivity contribution in [3.8, 4) is 5.69 Å². The molecular formula is C19H14F2N6O2. The fourth-order valence-corrected chi connectivity index (χ4v) is 2.82. The summed E-state index contributed by atoms with van der Waals surface area (Å²) in [5, 5.41) is 7.66. The highest BCUT2D eigenvalue weighted by Gasteiger charge is 2.19. The number of carbonyl (C=O) groups is 1. The van der Waals surface area contributed by atoms with Crippen LogP contribution in [-0.2, 0) is 4.74 Å². The fourth-order valence-electron chi connectivity index (χ4n) is 2.82. The smallest absolute Gasteiger partial charge is 0.338 e. The lowest BCUT2D eigenvalue weighted by atomic mass is 10.2. The number of carbonyl (C=O) groups excluding carboxylic acids is 1. The van der Waals surface area contributed by atoms with Crippen molar-refractivity contribution in [3.05, 3.63) is 65.9 Å². The number of anilines is 2. The van der Waals surface area contributed by atoms with E-state index in [1.165, 1.54) is 18.7 Å². The summed E-state index contributed by atoms with van der Waals surface area (Å²) in [6.45, 7) is 1.82. The standard InChI is InChI=1S/C19H14F2N6O2/c1-10-3-16(24-9-23-10)26-17-6-15-12(7-22-17)8-25-27(15)18-13(20)4-11(5-14(18)21)19(28)29-2/h3-9H,1-2H3,(H,22,23,24,26). The molecule has 0 fully saturated rings. The molecule has 4 rings (SSSR count). The van der Waals surface area contributed by atoms with Gasteiger partial charge in [-0.2, -0.15) is 5.10 Å². The lowest BCUT2D eigenvalue weighted by Gasteiger charge is -2.10. The van der Waals surface area contributed by atoms with Gasteiger partial charge in [-0.3, -0.25) is 0 Å². The van der Waals surface area contributed by atoms with Crippen LogP contribution in [0, 0.1) is 18.6 Å². The summed E-state index contributed by atoms with van der Waals surface area (Å²) in [5.74, 6) is -1.81. The van der Waals surface area contributed by atoms with Gasteiger partial charge in [-0.05, 0) is 19.1 Å². The molecule has 0 aliphatic rings. The summed E-state index contributed by atoms with van der Waals surface area (Å²) < 4.78 is 34.9. The van der Waals surface area contributed by atoms with Crippen LogP contribution in [0.25, 0.3) is 16.6 Å². The number of hydrogen-bond acceptors (Lipinski definition) is 7. The molecule has 0 aliphatic carbocycles. The van der Waals surface area contributed by atoms with Crippen LogP contribution in [0.15, 0.2) is 43.0 Å². The lowest BCUT2D eigenvalue weighted by Crippen LogP contribution is -2.08. The Labute approximate surface area is 163 Å². The van der Waals surface area contributed by atoms with Crippen LogP contribution in [0.4, 0.5) is 20.4 Å². The van der Waals surface area contributed by atoms with Crippen LogP contribution in [0.2, 0.25) is 0 Å². The molecule has 3 aromatic heterocycles. The van der Waals surface area contributed by atoms with Crippen molar-refractivity contribution in [1.29, 1.82) is 0 Å². The Kier molecular flexibility index (Phi) is 4.59. The van der Waals surface area contributed by atoms with Crippen molar-refractivity contribution in [1.82, 2.24) is 24.7 Å². The van der Waals surface area contributed by atoms with Crippen molar-refractivity contribution >= 4 is 28.5 Å². The summed E-state index contributed by atoms with van der Waals surface area (Å²) in [7, 11) is 1.13. The predicted molar refractivity (Wildman–Crippen MR) is 100 cm³/mol. The number of aromatic nitrogens is 5. The number of rotatable bonds is 4. The van der Waals surface area contributed by atoms with Gasteiger partial charge in [0.05, 0.1) is 24.4 Å². The molecule has 146 valence electrons. The molecule has 1 aromatic carbocycles. The highest BCUT2D eigenvalue weighted by atomic mass is 19.1. The SMILES string of the molecule is COC(=O)c1cc(F)c(-n2ncc3cnc(Nc4cc(C)ncn4)cc32)c(F)c1. The first-order valence-electron chi connectivity index (χ1n) is 8.43. The monoisotopic (exact) mass is 396 g/mol. The number of nitrogens with one attached hydrogen (secondary N) is 1. The highest BCUT2D eigenvalue weighted by molar-refractivity contribution is 5.90. The van der Waals surface area contributed by atoms with Crippen molar-refractivity contribution in [3.63, 3.8) is 0 Å². The van der Waals surface area contributed by atoms with Crippen molar-refractivity contribution in [2.45, 2.75) is 6.92 Å². The topological polar surface area (TPSA) is 94.8 Å². The van der Waals surface area contributed by atoms with Gasteiger partial charge in [0, 0.05) is 29.4 Å². The first-order valence-corrected chi connectivity index (χ1v) is 8.43. The number of esters is 1. The third-order valence-corrected chi connectivity index (χ3v) is 4.16. The van der Waals surface area contributed by atoms with Crippen LogP contribution in [-0.4, -0.2) is 37.8 Å². The van der Waals surface area contributed by atoms with Gasteiger partial charge in [0.15, 0.2) is 11.6 Å². The summed E-state index contributed by atoms with van der Waals surface area (Å²) >= 11 is 0. The Hall–Kier alpha value is -3.95. The van der Waals surface area contributed by atoms with E-state index in [1.54, 1.807) is 12.1 Å². The van der Waals surface area contributed by atoms with Gasteiger partial charge in [0.2, 0.25) is 0 Å². The van der Waals surface area contributed by atoms with Gasteiger partial charge in [-0.15, -0.1) is 0 Å². The Bertz CT molecular complexity index is 1220. The maximum atomic E-state index is 14.6. The average molecular weight is 396 g/mol. The van der Waals surface area contributed by atoms with Gasteiger partial charge in [-0.1, -0.05) is 0 Å². The number of pyridine rings is 1. The molecule has 1 N–H and O–H groups in total. The molecule has 29 heavy (non-hydrogen) atoms. The van der Waals surface area contributed by atoms with Gasteiger partial charge < -0.3 is 10.1 Å². The maximum absolute atomic E-state index is 14.6. The zero-order valence-electron chi connectivity index (χ0n) is 15.3. The molecule has 0 saturated heterocycles. The molecule has 3 heterocycles. The van der Waals surface area contributed by atoms with Gasteiger partial charge in [0.25, 0.3) is 0 Å². The zero-order chi connectivity index (χ0) is 20.5. The number of fused-ring (bicyclic) bond motifs is 1. The van der Waals surface area contributed by atoms with Crippen LogP contribution in [0.3, 0.4) is 0 Å². The van der Waals surface area contributed by atoms with Crippen molar-refractivity contribution in [2.24, 2.45) is 0 Å². The molecule has 0 amide bonds. The first kappa shape index (κ1) is 18.4. The normalized spacial score (nSPS) is 10.9. The fraction of sp³-hybridized carbons (Fsp3) is 0.105. The molecule has 0 unspecified atom stereocenters. The largest absolute Gasteiger partial charge is 0.465 e. The Morgan fingerprint density at radius 1 is 1.03 bits per heavy atom. The molecule has 4 aromatic rings. The molecule has 0 radical (unpaired) electrons. The number of hydrogen-bond donors (Lipinski definition) is 1. The molecule has 0 atom stereocenters. The molecule has 0 saturated carbocycles. The third-order valence-electron chi connectivity index (χ3n) is 4.16. The maximum Gasteiger partial charge on any atom is 0.338 e. The van der Waals surface area contributed by atoms with E-state index in [0.29, 0.717) is 22.5 Å². The van der Waals surface area contributed by atoms with E-state index in [2.05, 4.69) is 30.1 Å². The summed E-state index contributed by atoms with van der Waals surface area (Å²) in [6.07, 6.45) is 4.37. The molecule has 0 spiro atoms. The second-order valence-corrected chi connectivity index (χ2v) is 6.13. The van der Waals surface area contributed by atoms with Crippen LogP contribution >= 0.6 is 0 Å². The minimum Gasteiger partial charge on any atom is -0.465 e. The van der Waals surface area contributed by atoms with Gasteiger partial charge in [-0.25, -0.2) is 33.2 Å². The van der Waals surface area contributed by atoms with E-state index in [4.69, 9.17) is 0 Å². The van der Waals surface area contributed by atoms with Crippen LogP contribution in [0.5, 0.6) is 0 Å². The predicted octanol–water partition coefficient (Wildman–Crippen LogP) is 3.33. The highest BCUT2D eigenvalue weighted by Crippen LogP contribution is 2.26. The molecule has 8 nitrogen and oxygen atoms in total. The zero-order valence-corrected chi connectivity index (χ0v) is 15.3. The average Bonchev–Trinajstić information content (AvgIpc) is 3.10. The molecule has 0 bridgehead atoms. The minimum atomic E-state index is -0.951. The molecule has 0 aliphatic heterocycles. The number of halogens is 2. The number of nitrogens with zero attached hydrogens (tertiary/aromatic N) is 5. The van der Waals surface area contributed by atoms with E-state index in [0.717, 1.165) is 29.6 Å². The molecule has 10 heteroatoms. The minimum absolute atomic E-state index is 0.231. The van der Waals surface area contributed by atoms with Crippen molar-refractivity contribution in [2.75, 3.05) is 12.4 Å². The van der Waals surface area contributed by atoms with E-state index >= 15 is 0 Å². The van der Waals surface area contributed by atoms with Crippen LogP contribution in [0.1, 0.15) is 16.1 Å². The van der Waals surface area contributed by atoms with Crippen LogP contribution < -0.4 is 5.32 Å². The summed E-state index contributed by atoms with van der Waals surface area (Å²) in [6, 6.07) is 5.13. The summed E-state index contributed by atoms with van der Waals surface area (Å²) in [4.78, 5) is 23.9. The van der Waals surface area contributed by atoms with E-state index < -0.39 is 23.3 Å². The van der Waals surface area contributed by atoms with Crippen molar-refractivity contribution < 1.29 is 18.3 Å². The second-order valence-electron chi connectivity index (χ2n) is 6.13. The number of aryl methyl sites for hydroxylation is 1. The lowest BCUT2D eigenvalue weighted by molar-refractivity contribution is 0.0599. The quantitative estimate of drug-likeness (QED) is 0.529. The van der Waals surface area contributed by atoms with E-state index in [1.807, 2.05) is 6.92 Å². The first-order chi connectivity index (χ1) is 14.0.